The zero-order valence-corrected chi connectivity index (χ0v) is 16.4. The van der Waals surface area contributed by atoms with Crippen LogP contribution in [-0.4, -0.2) is 23.5 Å². The van der Waals surface area contributed by atoms with Gasteiger partial charge in [0.05, 0.1) is 12.8 Å². The minimum atomic E-state index is -0.230. The smallest absolute Gasteiger partial charge is 0.255 e. The molecule has 0 saturated carbocycles. The van der Waals surface area contributed by atoms with Crippen molar-refractivity contribution in [3.05, 3.63) is 71.5 Å². The summed E-state index contributed by atoms with van der Waals surface area (Å²) >= 11 is 0. The Morgan fingerprint density at radius 1 is 0.893 bits per heavy atom. The predicted octanol–water partition coefficient (Wildman–Crippen LogP) is 4.31. The normalized spacial score (nSPS) is 10.4. The van der Waals surface area contributed by atoms with Crippen molar-refractivity contribution in [2.75, 3.05) is 17.7 Å². The summed E-state index contributed by atoms with van der Waals surface area (Å²) in [6.07, 6.45) is 0. The molecule has 28 heavy (non-hydrogen) atoms. The van der Waals surface area contributed by atoms with Crippen LogP contribution in [0.4, 0.5) is 11.4 Å². The van der Waals surface area contributed by atoms with Crippen LogP contribution in [0.3, 0.4) is 0 Å². The standard InChI is InChI=1S/C22H23N3O3/c1-14-5-6-15(2)25(14)19-10-7-17(8-11-19)22(27)24-18-9-12-21(28-4)20(13-18)23-16(3)26/h5-13H,1-4H3,(H,23,26)(H,24,27). The van der Waals surface area contributed by atoms with Gasteiger partial charge in [-0.2, -0.15) is 0 Å². The molecule has 1 aromatic heterocycles. The van der Waals surface area contributed by atoms with E-state index in [9.17, 15) is 9.59 Å². The number of nitrogens with one attached hydrogen (secondary N) is 2. The van der Waals surface area contributed by atoms with Gasteiger partial charge in [0.1, 0.15) is 5.75 Å². The molecule has 0 unspecified atom stereocenters. The lowest BCUT2D eigenvalue weighted by molar-refractivity contribution is -0.114. The number of nitrogens with zero attached hydrogens (tertiary/aromatic N) is 1. The maximum absolute atomic E-state index is 12.6. The minimum Gasteiger partial charge on any atom is -0.495 e. The molecule has 2 aromatic carbocycles. The Bertz CT molecular complexity index is 1000. The van der Waals surface area contributed by atoms with Crippen LogP contribution in [0.5, 0.6) is 5.75 Å². The van der Waals surface area contributed by atoms with Crippen molar-refractivity contribution in [2.45, 2.75) is 20.8 Å². The van der Waals surface area contributed by atoms with Gasteiger partial charge < -0.3 is 19.9 Å². The molecule has 0 radical (unpaired) electrons. The molecule has 2 amide bonds. The van der Waals surface area contributed by atoms with Gasteiger partial charge in [0.25, 0.3) is 5.91 Å². The number of hydrogen-bond donors (Lipinski definition) is 2. The van der Waals surface area contributed by atoms with Gasteiger partial charge in [-0.15, -0.1) is 0 Å². The Kier molecular flexibility index (Phi) is 5.49. The highest BCUT2D eigenvalue weighted by atomic mass is 16.5. The van der Waals surface area contributed by atoms with Crippen molar-refractivity contribution >= 4 is 23.2 Å². The molecule has 3 rings (SSSR count). The molecule has 0 spiro atoms. The number of aryl methyl sites for hydroxylation is 2. The van der Waals surface area contributed by atoms with Gasteiger partial charge >= 0.3 is 0 Å². The van der Waals surface area contributed by atoms with Crippen LogP contribution >= 0.6 is 0 Å². The van der Waals surface area contributed by atoms with Gasteiger partial charge in [0.15, 0.2) is 0 Å². The summed E-state index contributed by atoms with van der Waals surface area (Å²) in [5.74, 6) is 0.0782. The number of rotatable bonds is 5. The second-order valence-corrected chi connectivity index (χ2v) is 6.55. The van der Waals surface area contributed by atoms with Crippen LogP contribution in [-0.2, 0) is 4.79 Å². The third-order valence-corrected chi connectivity index (χ3v) is 4.43. The maximum atomic E-state index is 12.6. The van der Waals surface area contributed by atoms with Crippen molar-refractivity contribution in [2.24, 2.45) is 0 Å². The van der Waals surface area contributed by atoms with Crippen molar-refractivity contribution in [1.29, 1.82) is 0 Å². The lowest BCUT2D eigenvalue weighted by atomic mass is 10.1. The monoisotopic (exact) mass is 377 g/mol. The van der Waals surface area contributed by atoms with E-state index in [-0.39, 0.29) is 11.8 Å². The first kappa shape index (κ1) is 19.2. The zero-order chi connectivity index (χ0) is 20.3. The number of anilines is 2. The third-order valence-electron chi connectivity index (χ3n) is 4.43. The molecule has 6 nitrogen and oxygen atoms in total. The number of methoxy groups -OCH3 is 1. The molecule has 3 aromatic rings. The van der Waals surface area contributed by atoms with Crippen LogP contribution in [0.2, 0.25) is 0 Å². The van der Waals surface area contributed by atoms with E-state index in [1.54, 1.807) is 30.3 Å². The molecular weight excluding hydrogens is 354 g/mol. The summed E-state index contributed by atoms with van der Waals surface area (Å²) in [6, 6.07) is 16.6. The molecule has 0 fully saturated rings. The quantitative estimate of drug-likeness (QED) is 0.696. The van der Waals surface area contributed by atoms with Crippen molar-refractivity contribution in [1.82, 2.24) is 4.57 Å². The summed E-state index contributed by atoms with van der Waals surface area (Å²) in [5.41, 5.74) is 4.89. The molecule has 6 heteroatoms. The van der Waals surface area contributed by atoms with Crippen LogP contribution < -0.4 is 15.4 Å². The lowest BCUT2D eigenvalue weighted by Crippen LogP contribution is -2.13. The maximum Gasteiger partial charge on any atom is 0.255 e. The summed E-state index contributed by atoms with van der Waals surface area (Å²) in [4.78, 5) is 24.0. The Labute approximate surface area is 164 Å². The number of carbonyl (C=O) groups excluding carboxylic acids is 2. The Balaban J connectivity index is 1.79. The number of hydrogen-bond acceptors (Lipinski definition) is 3. The van der Waals surface area contributed by atoms with E-state index in [2.05, 4.69) is 27.3 Å². The Morgan fingerprint density at radius 2 is 1.54 bits per heavy atom. The lowest BCUT2D eigenvalue weighted by Gasteiger charge is -2.13. The average molecular weight is 377 g/mol. The Morgan fingerprint density at radius 3 is 2.11 bits per heavy atom. The number of carbonyl (C=O) groups is 2. The topological polar surface area (TPSA) is 72.4 Å². The molecule has 0 aliphatic heterocycles. The van der Waals surface area contributed by atoms with Gasteiger partial charge in [-0.25, -0.2) is 0 Å². The fourth-order valence-electron chi connectivity index (χ4n) is 3.11. The molecule has 0 saturated heterocycles. The van der Waals surface area contributed by atoms with Gasteiger partial charge in [-0.05, 0) is 68.4 Å². The first-order valence-corrected chi connectivity index (χ1v) is 8.91. The van der Waals surface area contributed by atoms with E-state index in [1.807, 2.05) is 26.0 Å². The summed E-state index contributed by atoms with van der Waals surface area (Å²) in [6.45, 7) is 5.51. The van der Waals surface area contributed by atoms with E-state index >= 15 is 0 Å². The van der Waals surface area contributed by atoms with Gasteiger partial charge in [-0.1, -0.05) is 0 Å². The largest absolute Gasteiger partial charge is 0.495 e. The van der Waals surface area contributed by atoms with Crippen LogP contribution in [0.15, 0.2) is 54.6 Å². The third kappa shape index (κ3) is 4.06. The molecule has 0 aliphatic carbocycles. The van der Waals surface area contributed by atoms with E-state index in [1.165, 1.54) is 14.0 Å². The van der Waals surface area contributed by atoms with Gasteiger partial charge in [-0.3, -0.25) is 9.59 Å². The number of ether oxygens (including phenoxy) is 1. The SMILES string of the molecule is COc1ccc(NC(=O)c2ccc(-n3c(C)ccc3C)cc2)cc1NC(C)=O. The zero-order valence-electron chi connectivity index (χ0n) is 16.4. The minimum absolute atomic E-state index is 0.215. The molecule has 0 aliphatic rings. The van der Waals surface area contributed by atoms with Crippen LogP contribution in [0.1, 0.15) is 28.7 Å². The highest BCUT2D eigenvalue weighted by Crippen LogP contribution is 2.28. The summed E-state index contributed by atoms with van der Waals surface area (Å²) in [7, 11) is 1.52. The highest BCUT2D eigenvalue weighted by molar-refractivity contribution is 6.05. The van der Waals surface area contributed by atoms with Gasteiger partial charge in [0, 0.05) is 35.2 Å². The molecule has 0 atom stereocenters. The van der Waals surface area contributed by atoms with Gasteiger partial charge in [0.2, 0.25) is 5.91 Å². The van der Waals surface area contributed by atoms with Crippen LogP contribution in [0, 0.1) is 13.8 Å². The molecule has 144 valence electrons. The van der Waals surface area contributed by atoms with Crippen LogP contribution in [0.25, 0.3) is 5.69 Å². The molecule has 0 bridgehead atoms. The fourth-order valence-corrected chi connectivity index (χ4v) is 3.11. The van der Waals surface area contributed by atoms with Crippen molar-refractivity contribution in [3.8, 4) is 11.4 Å². The average Bonchev–Trinajstić information content (AvgIpc) is 3.00. The summed E-state index contributed by atoms with van der Waals surface area (Å²) in [5, 5.41) is 5.54. The number of benzene rings is 2. The summed E-state index contributed by atoms with van der Waals surface area (Å²) < 4.78 is 7.36. The van der Waals surface area contributed by atoms with E-state index in [0.29, 0.717) is 22.7 Å². The predicted molar refractivity (Wildman–Crippen MR) is 110 cm³/mol. The van der Waals surface area contributed by atoms with E-state index < -0.39 is 0 Å². The molecule has 1 heterocycles. The molecule has 2 N–H and O–H groups in total. The Hall–Kier alpha value is -3.54. The first-order valence-electron chi connectivity index (χ1n) is 8.91. The second-order valence-electron chi connectivity index (χ2n) is 6.55. The van der Waals surface area contributed by atoms with E-state index in [4.69, 9.17) is 4.74 Å². The van der Waals surface area contributed by atoms with E-state index in [0.717, 1.165) is 17.1 Å². The molecular formula is C22H23N3O3. The van der Waals surface area contributed by atoms with Crippen molar-refractivity contribution < 1.29 is 14.3 Å². The second kappa shape index (κ2) is 8.00. The fraction of sp³-hybridized carbons (Fsp3) is 0.182. The highest BCUT2D eigenvalue weighted by Gasteiger charge is 2.11. The number of aromatic nitrogens is 1. The number of amides is 2. The first-order chi connectivity index (χ1) is 13.4. The van der Waals surface area contributed by atoms with Crippen molar-refractivity contribution in [3.63, 3.8) is 0 Å².